The van der Waals surface area contributed by atoms with Crippen molar-refractivity contribution in [2.75, 3.05) is 0 Å². The average Bonchev–Trinajstić information content (AvgIpc) is 2.79. The lowest BCUT2D eigenvalue weighted by molar-refractivity contribution is 0.0685. The van der Waals surface area contributed by atoms with E-state index in [1.54, 1.807) is 12.3 Å². The molecule has 0 radical (unpaired) electrons. The van der Waals surface area contributed by atoms with Crippen molar-refractivity contribution in [2.45, 2.75) is 13.1 Å². The van der Waals surface area contributed by atoms with Crippen LogP contribution in [0.2, 0.25) is 0 Å². The maximum absolute atomic E-state index is 10.5. The normalized spacial score (nSPS) is 10.4. The van der Waals surface area contributed by atoms with Crippen molar-refractivity contribution in [3.05, 3.63) is 41.5 Å². The second kappa shape index (κ2) is 5.17. The summed E-state index contributed by atoms with van der Waals surface area (Å²) in [6.07, 6.45) is 1.60. The van der Waals surface area contributed by atoms with Crippen LogP contribution in [0.1, 0.15) is 21.9 Å². The Bertz CT molecular complexity index is 497. The summed E-state index contributed by atoms with van der Waals surface area (Å²) in [7, 11) is 0. The van der Waals surface area contributed by atoms with E-state index < -0.39 is 5.97 Å². The Morgan fingerprint density at radius 3 is 3.00 bits per heavy atom. The van der Waals surface area contributed by atoms with E-state index in [1.165, 1.54) is 6.07 Å². The van der Waals surface area contributed by atoms with Gasteiger partial charge in [-0.25, -0.2) is 4.79 Å². The molecule has 0 amide bonds. The molecule has 2 rings (SSSR count). The summed E-state index contributed by atoms with van der Waals surface area (Å²) in [6, 6.07) is 5.01. The number of carboxylic acid groups (broad SMARTS) is 1. The number of carbonyl (C=O) groups is 1. The molecule has 0 fully saturated rings. The summed E-state index contributed by atoms with van der Waals surface area (Å²) < 4.78 is 4.83. The summed E-state index contributed by atoms with van der Waals surface area (Å²) in [4.78, 5) is 10.5. The zero-order chi connectivity index (χ0) is 12.1. The van der Waals surface area contributed by atoms with Gasteiger partial charge in [0.1, 0.15) is 0 Å². The quantitative estimate of drug-likeness (QED) is 0.774. The van der Waals surface area contributed by atoms with Gasteiger partial charge in [0.05, 0.1) is 12.2 Å². The molecule has 2 aromatic rings. The molecule has 7 heteroatoms. The Morgan fingerprint density at radius 1 is 1.47 bits per heavy atom. The molecule has 0 unspecified atom stereocenters. The zero-order valence-corrected chi connectivity index (χ0v) is 8.83. The Kier molecular flexibility index (Phi) is 3.41. The van der Waals surface area contributed by atoms with Gasteiger partial charge in [-0.1, -0.05) is 5.16 Å². The third-order valence-corrected chi connectivity index (χ3v) is 2.01. The topological polar surface area (TPSA) is 101 Å². The van der Waals surface area contributed by atoms with Gasteiger partial charge in [-0.3, -0.25) is 0 Å². The highest BCUT2D eigenvalue weighted by molar-refractivity contribution is 5.85. The Morgan fingerprint density at radius 2 is 2.35 bits per heavy atom. The Labute approximate surface area is 96.5 Å². The van der Waals surface area contributed by atoms with Gasteiger partial charge in [-0.15, -0.1) is 0 Å². The van der Waals surface area contributed by atoms with Crippen molar-refractivity contribution in [2.24, 2.45) is 0 Å². The number of hydrogen-bond acceptors (Lipinski definition) is 6. The first-order valence-corrected chi connectivity index (χ1v) is 4.92. The fraction of sp³-hybridized carbons (Fsp3) is 0.200. The van der Waals surface area contributed by atoms with Crippen LogP contribution in [-0.2, 0) is 13.1 Å². The van der Waals surface area contributed by atoms with Gasteiger partial charge < -0.3 is 14.9 Å². The second-order valence-corrected chi connectivity index (χ2v) is 3.30. The van der Waals surface area contributed by atoms with Crippen molar-refractivity contribution < 1.29 is 14.4 Å². The second-order valence-electron chi connectivity index (χ2n) is 3.30. The highest BCUT2D eigenvalue weighted by Gasteiger charge is 2.09. The summed E-state index contributed by atoms with van der Waals surface area (Å²) in [5.41, 5.74) is 0.701. The molecule has 17 heavy (non-hydrogen) atoms. The third-order valence-electron chi connectivity index (χ3n) is 2.01. The standard InChI is InChI=1S/C10H10N4O3/c15-10(16)9-4-8(17-14-9)6-11-5-7-2-1-3-12-13-7/h1-4,11H,5-6H2,(H,15,16). The molecule has 0 bridgehead atoms. The van der Waals surface area contributed by atoms with E-state index in [4.69, 9.17) is 9.63 Å². The Hall–Kier alpha value is -2.28. The lowest BCUT2D eigenvalue weighted by Gasteiger charge is -1.99. The van der Waals surface area contributed by atoms with Gasteiger partial charge in [-0.05, 0) is 12.1 Å². The van der Waals surface area contributed by atoms with Crippen LogP contribution < -0.4 is 5.32 Å². The van der Waals surface area contributed by atoms with Crippen LogP contribution in [0.15, 0.2) is 28.9 Å². The molecule has 0 saturated carbocycles. The average molecular weight is 234 g/mol. The summed E-state index contributed by atoms with van der Waals surface area (Å²) >= 11 is 0. The maximum atomic E-state index is 10.5. The molecule has 0 spiro atoms. The number of nitrogens with one attached hydrogen (secondary N) is 1. The van der Waals surface area contributed by atoms with Gasteiger partial charge in [0.15, 0.2) is 11.5 Å². The minimum atomic E-state index is -1.10. The molecule has 0 aliphatic carbocycles. The highest BCUT2D eigenvalue weighted by Crippen LogP contribution is 2.03. The number of aromatic carboxylic acids is 1. The fourth-order valence-electron chi connectivity index (χ4n) is 1.24. The van der Waals surface area contributed by atoms with Gasteiger partial charge in [0.2, 0.25) is 0 Å². The maximum Gasteiger partial charge on any atom is 0.358 e. The van der Waals surface area contributed by atoms with Gasteiger partial charge in [0, 0.05) is 18.8 Å². The SMILES string of the molecule is O=C(O)c1cc(CNCc2cccnn2)on1. The van der Waals surface area contributed by atoms with E-state index in [2.05, 4.69) is 20.7 Å². The van der Waals surface area contributed by atoms with Crippen molar-refractivity contribution >= 4 is 5.97 Å². The summed E-state index contributed by atoms with van der Waals surface area (Å²) in [5, 5.41) is 22.7. The molecule has 88 valence electrons. The lowest BCUT2D eigenvalue weighted by atomic mass is 10.3. The van der Waals surface area contributed by atoms with Crippen molar-refractivity contribution in [3.63, 3.8) is 0 Å². The van der Waals surface area contributed by atoms with Gasteiger partial charge in [0.25, 0.3) is 0 Å². The fourth-order valence-corrected chi connectivity index (χ4v) is 1.24. The van der Waals surface area contributed by atoms with Gasteiger partial charge in [-0.2, -0.15) is 10.2 Å². The molecule has 0 aliphatic heterocycles. The van der Waals surface area contributed by atoms with E-state index in [0.717, 1.165) is 5.69 Å². The number of aromatic nitrogens is 3. The molecule has 2 N–H and O–H groups in total. The van der Waals surface area contributed by atoms with Crippen LogP contribution in [0.5, 0.6) is 0 Å². The first kappa shape index (κ1) is 11.2. The Balaban J connectivity index is 1.84. The van der Waals surface area contributed by atoms with Crippen LogP contribution in [0.3, 0.4) is 0 Å². The zero-order valence-electron chi connectivity index (χ0n) is 8.83. The number of rotatable bonds is 5. The third kappa shape index (κ3) is 3.08. The molecule has 0 aliphatic rings. The van der Waals surface area contributed by atoms with Crippen LogP contribution in [0.4, 0.5) is 0 Å². The number of nitrogens with zero attached hydrogens (tertiary/aromatic N) is 3. The predicted molar refractivity (Wildman–Crippen MR) is 56.0 cm³/mol. The van der Waals surface area contributed by atoms with Gasteiger partial charge >= 0.3 is 5.97 Å². The van der Waals surface area contributed by atoms with E-state index >= 15 is 0 Å². The first-order chi connectivity index (χ1) is 8.25. The predicted octanol–water partition coefficient (Wildman–Crippen LogP) is 0.453. The van der Waals surface area contributed by atoms with Crippen molar-refractivity contribution in [3.8, 4) is 0 Å². The van der Waals surface area contributed by atoms with Crippen LogP contribution >= 0.6 is 0 Å². The highest BCUT2D eigenvalue weighted by atomic mass is 16.5. The van der Waals surface area contributed by atoms with Crippen LogP contribution in [0.25, 0.3) is 0 Å². The van der Waals surface area contributed by atoms with E-state index in [1.807, 2.05) is 6.07 Å². The van der Waals surface area contributed by atoms with Crippen LogP contribution in [-0.4, -0.2) is 26.4 Å². The largest absolute Gasteiger partial charge is 0.476 e. The summed E-state index contributed by atoms with van der Waals surface area (Å²) in [5.74, 6) is -0.639. The first-order valence-electron chi connectivity index (χ1n) is 4.92. The minimum absolute atomic E-state index is 0.0960. The van der Waals surface area contributed by atoms with E-state index in [-0.39, 0.29) is 5.69 Å². The summed E-state index contributed by atoms with van der Waals surface area (Å²) in [6.45, 7) is 0.911. The molecular formula is C10H10N4O3. The monoisotopic (exact) mass is 234 g/mol. The van der Waals surface area contributed by atoms with Crippen LogP contribution in [0, 0.1) is 0 Å². The van der Waals surface area contributed by atoms with E-state index in [9.17, 15) is 4.79 Å². The molecule has 2 aromatic heterocycles. The van der Waals surface area contributed by atoms with Crippen molar-refractivity contribution in [1.82, 2.24) is 20.7 Å². The molecule has 0 saturated heterocycles. The molecule has 0 atom stereocenters. The molecule has 7 nitrogen and oxygen atoms in total. The molecule has 0 aromatic carbocycles. The minimum Gasteiger partial charge on any atom is -0.476 e. The number of hydrogen-bond donors (Lipinski definition) is 2. The number of carboxylic acids is 1. The van der Waals surface area contributed by atoms with Crippen molar-refractivity contribution in [1.29, 1.82) is 0 Å². The smallest absolute Gasteiger partial charge is 0.358 e. The van der Waals surface area contributed by atoms with E-state index in [0.29, 0.717) is 18.8 Å². The molecular weight excluding hydrogens is 224 g/mol. The molecule has 2 heterocycles. The lowest BCUT2D eigenvalue weighted by Crippen LogP contribution is -2.13.